The van der Waals surface area contributed by atoms with E-state index >= 15 is 0 Å². The Hall–Kier alpha value is -1.82. The van der Waals surface area contributed by atoms with Gasteiger partial charge in [0.05, 0.1) is 10.5 Å². The minimum atomic E-state index is -1.13. The summed E-state index contributed by atoms with van der Waals surface area (Å²) in [6.07, 6.45) is 5.04. The Balaban J connectivity index is 2.23. The van der Waals surface area contributed by atoms with Gasteiger partial charge in [0.2, 0.25) is 0 Å². The fourth-order valence-corrected chi connectivity index (χ4v) is 6.63. The van der Waals surface area contributed by atoms with Crippen LogP contribution in [0, 0.1) is 15.5 Å². The lowest BCUT2D eigenvalue weighted by atomic mass is 9.86. The Labute approximate surface area is 218 Å². The molecule has 194 valence electrons. The van der Waals surface area contributed by atoms with Gasteiger partial charge in [0, 0.05) is 34.4 Å². The van der Waals surface area contributed by atoms with Crippen LogP contribution in [-0.2, 0) is 9.22 Å². The number of nitro benzene ring substituents is 1. The number of nitrogens with one attached hydrogen (secondary N) is 1. The molecule has 0 amide bonds. The summed E-state index contributed by atoms with van der Waals surface area (Å²) >= 11 is 2.96. The van der Waals surface area contributed by atoms with Gasteiger partial charge in [-0.05, 0) is 56.3 Å². The smallest absolute Gasteiger partial charge is 0.335 e. The number of carbonyl (C=O) groups is 1. The second kappa shape index (κ2) is 12.9. The summed E-state index contributed by atoms with van der Waals surface area (Å²) in [5, 5.41) is 24.9. The number of rotatable bonds is 11. The van der Waals surface area contributed by atoms with Crippen molar-refractivity contribution < 1.29 is 19.3 Å². The maximum Gasteiger partial charge on any atom is 0.335 e. The molecule has 2 unspecified atom stereocenters. The van der Waals surface area contributed by atoms with Crippen LogP contribution in [0.25, 0.3) is 0 Å². The van der Waals surface area contributed by atoms with Crippen LogP contribution < -0.4 is 5.32 Å². The van der Waals surface area contributed by atoms with Crippen LogP contribution in [-0.4, -0.2) is 48.3 Å². The van der Waals surface area contributed by atoms with E-state index in [1.807, 2.05) is 6.26 Å². The summed E-state index contributed by atoms with van der Waals surface area (Å²) in [5.74, 6) is -0.274. The van der Waals surface area contributed by atoms with Crippen LogP contribution >= 0.6 is 23.5 Å². The van der Waals surface area contributed by atoms with Gasteiger partial charge in [-0.15, -0.1) is 11.8 Å². The quantitative estimate of drug-likeness (QED) is 0.116. The molecular formula is C24H37N3O5S2Si. The number of non-ortho nitro benzene ring substituents is 1. The molecule has 35 heavy (non-hydrogen) atoms. The van der Waals surface area contributed by atoms with Crippen molar-refractivity contribution in [2.75, 3.05) is 12.0 Å². The first-order valence-electron chi connectivity index (χ1n) is 11.7. The van der Waals surface area contributed by atoms with Gasteiger partial charge in [-0.2, -0.15) is 0 Å². The van der Waals surface area contributed by atoms with Crippen LogP contribution in [0.4, 0.5) is 5.69 Å². The summed E-state index contributed by atoms with van der Waals surface area (Å²) in [7, 11) is -1.13. The molecular weight excluding hydrogens is 503 g/mol. The predicted octanol–water partition coefficient (Wildman–Crippen LogP) is 5.99. The molecule has 0 radical (unpaired) electrons. The molecule has 2 atom stereocenters. The number of hydrogen-bond acceptors (Lipinski definition) is 8. The minimum Gasteiger partial charge on any atom is -0.478 e. The molecule has 1 aromatic carbocycles. The van der Waals surface area contributed by atoms with E-state index < -0.39 is 26.0 Å². The highest BCUT2D eigenvalue weighted by Gasteiger charge is 2.32. The van der Waals surface area contributed by atoms with E-state index in [-0.39, 0.29) is 22.8 Å². The third-order valence-corrected chi connectivity index (χ3v) is 8.30. The molecule has 2 rings (SSSR count). The van der Waals surface area contributed by atoms with Crippen molar-refractivity contribution in [3.8, 4) is 0 Å². The zero-order valence-corrected chi connectivity index (χ0v) is 24.4. The molecule has 0 aromatic heterocycles. The average molecular weight is 540 g/mol. The normalized spacial score (nSPS) is 17.3. The molecule has 0 bridgehead atoms. The fraction of sp³-hybridized carbons (Fsp3) is 0.583. The standard InChI is InChI=1S/C24H37N3O5S2Si/c1-15-20(22(28)29)21(26-23(25-15)33-5)17-14-16(27(30)31)11-12-18(17)34-13-9-8-10-19(24(2,3)4)32-35(6)7/h11-12,14,19,21,35H,8-10,13H2,1-7H3,(H,25,26)(H,28,29). The number of carboxylic acids is 1. The van der Waals surface area contributed by atoms with E-state index in [1.165, 1.54) is 23.9 Å². The highest BCUT2D eigenvalue weighted by Crippen LogP contribution is 2.39. The number of nitro groups is 1. The Bertz CT molecular complexity index is 992. The first-order valence-corrected chi connectivity index (χ1v) is 16.7. The number of nitrogens with zero attached hydrogens (tertiary/aromatic N) is 2. The lowest BCUT2D eigenvalue weighted by molar-refractivity contribution is -0.385. The monoisotopic (exact) mass is 539 g/mol. The molecule has 0 spiro atoms. The Morgan fingerprint density at radius 3 is 2.57 bits per heavy atom. The van der Waals surface area contributed by atoms with Gasteiger partial charge in [-0.3, -0.25) is 10.1 Å². The van der Waals surface area contributed by atoms with Crippen molar-refractivity contribution in [1.82, 2.24) is 5.32 Å². The highest BCUT2D eigenvalue weighted by atomic mass is 32.2. The number of unbranched alkanes of at least 4 members (excludes halogenated alkanes) is 1. The summed E-state index contributed by atoms with van der Waals surface area (Å²) in [6.45, 7) is 12.7. The largest absolute Gasteiger partial charge is 0.478 e. The molecule has 8 nitrogen and oxygen atoms in total. The van der Waals surface area contributed by atoms with Gasteiger partial charge in [0.15, 0.2) is 14.2 Å². The van der Waals surface area contributed by atoms with E-state index in [4.69, 9.17) is 4.43 Å². The molecule has 0 saturated carbocycles. The van der Waals surface area contributed by atoms with Crippen molar-refractivity contribution in [1.29, 1.82) is 0 Å². The van der Waals surface area contributed by atoms with Gasteiger partial charge in [0.25, 0.3) is 5.69 Å². The van der Waals surface area contributed by atoms with E-state index in [2.05, 4.69) is 44.2 Å². The molecule has 0 aliphatic carbocycles. The van der Waals surface area contributed by atoms with Crippen LogP contribution in [0.3, 0.4) is 0 Å². The SMILES string of the molecule is CSC1=NC(c2cc([N+](=O)[O-])ccc2SCCCCC(O[SiH](C)C)C(C)(C)C)C(C(=O)O)=C(C)N1. The molecule has 1 heterocycles. The van der Waals surface area contributed by atoms with E-state index in [0.717, 1.165) is 29.9 Å². The van der Waals surface area contributed by atoms with Crippen LogP contribution in [0.2, 0.25) is 13.1 Å². The second-order valence-corrected chi connectivity index (χ2v) is 14.2. The Morgan fingerprint density at radius 1 is 1.34 bits per heavy atom. The van der Waals surface area contributed by atoms with E-state index in [1.54, 1.807) is 24.8 Å². The van der Waals surface area contributed by atoms with Crippen molar-refractivity contribution in [3.63, 3.8) is 0 Å². The van der Waals surface area contributed by atoms with Crippen molar-refractivity contribution >= 4 is 49.4 Å². The fourth-order valence-electron chi connectivity index (χ4n) is 3.90. The Kier molecular flexibility index (Phi) is 10.9. The van der Waals surface area contributed by atoms with Crippen LogP contribution in [0.15, 0.2) is 39.4 Å². The molecule has 2 N–H and O–H groups in total. The van der Waals surface area contributed by atoms with Gasteiger partial charge in [-0.1, -0.05) is 39.0 Å². The van der Waals surface area contributed by atoms with Gasteiger partial charge in [-0.25, -0.2) is 9.79 Å². The maximum absolute atomic E-state index is 12.1. The number of benzene rings is 1. The number of hydrogen-bond donors (Lipinski definition) is 2. The zero-order valence-electron chi connectivity index (χ0n) is 21.6. The first-order chi connectivity index (χ1) is 16.3. The lowest BCUT2D eigenvalue weighted by Crippen LogP contribution is -2.33. The molecule has 1 aliphatic heterocycles. The van der Waals surface area contributed by atoms with Gasteiger partial charge >= 0.3 is 5.97 Å². The van der Waals surface area contributed by atoms with E-state index in [0.29, 0.717) is 16.4 Å². The Morgan fingerprint density at radius 2 is 2.03 bits per heavy atom. The highest BCUT2D eigenvalue weighted by molar-refractivity contribution is 8.13. The molecule has 11 heteroatoms. The average Bonchev–Trinajstić information content (AvgIpc) is 2.76. The van der Waals surface area contributed by atoms with Crippen LogP contribution in [0.5, 0.6) is 0 Å². The molecule has 0 saturated heterocycles. The molecule has 1 aromatic rings. The molecule has 0 fully saturated rings. The summed E-state index contributed by atoms with van der Waals surface area (Å²) in [5.41, 5.74) is 1.17. The second-order valence-electron chi connectivity index (χ2n) is 9.87. The summed E-state index contributed by atoms with van der Waals surface area (Å²) in [4.78, 5) is 28.5. The maximum atomic E-state index is 12.1. The van der Waals surface area contributed by atoms with Gasteiger partial charge < -0.3 is 14.8 Å². The van der Waals surface area contributed by atoms with E-state index in [9.17, 15) is 20.0 Å². The zero-order chi connectivity index (χ0) is 26.3. The third kappa shape index (κ3) is 8.37. The van der Waals surface area contributed by atoms with Crippen LogP contribution in [0.1, 0.15) is 58.6 Å². The predicted molar refractivity (Wildman–Crippen MR) is 148 cm³/mol. The van der Waals surface area contributed by atoms with Crippen molar-refractivity contribution in [3.05, 3.63) is 45.1 Å². The number of aliphatic carboxylic acids is 1. The van der Waals surface area contributed by atoms with Crippen molar-refractivity contribution in [2.24, 2.45) is 10.4 Å². The summed E-state index contributed by atoms with van der Waals surface area (Å²) < 4.78 is 6.26. The summed E-state index contributed by atoms with van der Waals surface area (Å²) in [6, 6.07) is 3.84. The number of carboxylic acid groups (broad SMARTS) is 1. The number of amidine groups is 1. The topological polar surface area (TPSA) is 114 Å². The number of thioether (sulfide) groups is 2. The number of aliphatic imine (C=N–C) groups is 1. The van der Waals surface area contributed by atoms with Crippen molar-refractivity contribution in [2.45, 2.75) is 77.1 Å². The first kappa shape index (κ1) is 29.4. The molecule has 1 aliphatic rings. The van der Waals surface area contributed by atoms with Gasteiger partial charge in [0.1, 0.15) is 6.04 Å². The lowest BCUT2D eigenvalue weighted by Gasteiger charge is -2.32. The number of allylic oxidation sites excluding steroid dienone is 1. The minimum absolute atomic E-state index is 0.0748. The third-order valence-electron chi connectivity index (χ3n) is 5.66.